The molecule has 2 rings (SSSR count). The zero-order valence-electron chi connectivity index (χ0n) is 11.5. The molecular formula is C15H15ClFIN2. The maximum Gasteiger partial charge on any atom is 0.146 e. The van der Waals surface area contributed by atoms with Gasteiger partial charge in [-0.2, -0.15) is 0 Å². The van der Waals surface area contributed by atoms with Gasteiger partial charge in [0, 0.05) is 11.8 Å². The van der Waals surface area contributed by atoms with E-state index in [0.29, 0.717) is 23.0 Å². The van der Waals surface area contributed by atoms with E-state index in [2.05, 4.69) is 53.3 Å². The van der Waals surface area contributed by atoms with E-state index in [4.69, 9.17) is 11.6 Å². The fourth-order valence-electron chi connectivity index (χ4n) is 1.85. The highest BCUT2D eigenvalue weighted by Gasteiger charge is 2.22. The van der Waals surface area contributed by atoms with E-state index in [-0.39, 0.29) is 11.2 Å². The minimum atomic E-state index is -0.247. The number of hydrogen-bond acceptors (Lipinski definition) is 2. The summed E-state index contributed by atoms with van der Waals surface area (Å²) in [6, 6.07) is 6.65. The number of aromatic nitrogens is 2. The lowest BCUT2D eigenvalue weighted by molar-refractivity contribution is 0.557. The largest absolute Gasteiger partial charge is 0.236 e. The molecule has 0 aliphatic carbocycles. The van der Waals surface area contributed by atoms with Gasteiger partial charge >= 0.3 is 0 Å². The Labute approximate surface area is 136 Å². The van der Waals surface area contributed by atoms with E-state index >= 15 is 0 Å². The van der Waals surface area contributed by atoms with E-state index in [1.807, 2.05) is 0 Å². The highest BCUT2D eigenvalue weighted by Crippen LogP contribution is 2.29. The number of nitrogens with zero attached hydrogens (tertiary/aromatic N) is 2. The summed E-state index contributed by atoms with van der Waals surface area (Å²) < 4.78 is 14.6. The molecule has 0 aliphatic rings. The van der Waals surface area contributed by atoms with Crippen molar-refractivity contribution in [1.82, 2.24) is 9.97 Å². The molecule has 2 aromatic rings. The molecule has 0 unspecified atom stereocenters. The third-order valence-corrected chi connectivity index (χ3v) is 4.49. The van der Waals surface area contributed by atoms with Crippen LogP contribution in [0.15, 0.2) is 24.3 Å². The fraction of sp³-hybridized carbons (Fsp3) is 0.333. The monoisotopic (exact) mass is 404 g/mol. The van der Waals surface area contributed by atoms with Crippen LogP contribution in [-0.4, -0.2) is 9.97 Å². The van der Waals surface area contributed by atoms with E-state index in [1.165, 1.54) is 6.07 Å². The molecule has 20 heavy (non-hydrogen) atoms. The zero-order valence-corrected chi connectivity index (χ0v) is 14.5. The maximum atomic E-state index is 13.7. The molecule has 2 nitrogen and oxygen atoms in total. The lowest BCUT2D eigenvalue weighted by Crippen LogP contribution is -2.18. The Kier molecular flexibility index (Phi) is 4.64. The normalized spacial score (nSPS) is 11.7. The summed E-state index contributed by atoms with van der Waals surface area (Å²) in [5.41, 5.74) is 1.33. The Bertz CT molecular complexity index is 638. The fourth-order valence-corrected chi connectivity index (χ4v) is 3.09. The molecule has 0 spiro atoms. The first kappa shape index (κ1) is 15.6. The molecule has 0 amide bonds. The Morgan fingerprint density at radius 2 is 1.85 bits per heavy atom. The molecule has 0 fully saturated rings. The smallest absolute Gasteiger partial charge is 0.146 e. The van der Waals surface area contributed by atoms with Crippen molar-refractivity contribution in [2.24, 2.45) is 0 Å². The second-order valence-electron chi connectivity index (χ2n) is 5.61. The van der Waals surface area contributed by atoms with Gasteiger partial charge in [0.05, 0.1) is 9.26 Å². The van der Waals surface area contributed by atoms with Gasteiger partial charge in [0.15, 0.2) is 0 Å². The second-order valence-corrected chi connectivity index (χ2v) is 7.05. The quantitative estimate of drug-likeness (QED) is 0.533. The van der Waals surface area contributed by atoms with Crippen molar-refractivity contribution in [3.8, 4) is 0 Å². The lowest BCUT2D eigenvalue weighted by Gasteiger charge is -2.20. The molecule has 1 aromatic carbocycles. The first-order chi connectivity index (χ1) is 9.29. The summed E-state index contributed by atoms with van der Waals surface area (Å²) in [7, 11) is 0. The topological polar surface area (TPSA) is 25.8 Å². The SMILES string of the molecule is CC(C)(C)c1nc(Cc2ccccc2F)nc(Cl)c1I. The molecule has 0 N–H and O–H groups in total. The number of halogens is 3. The molecule has 0 atom stereocenters. The molecule has 0 bridgehead atoms. The van der Waals surface area contributed by atoms with Crippen molar-refractivity contribution in [2.45, 2.75) is 32.6 Å². The van der Waals surface area contributed by atoms with E-state index < -0.39 is 0 Å². The van der Waals surface area contributed by atoms with Crippen LogP contribution in [0.2, 0.25) is 5.15 Å². The zero-order chi connectivity index (χ0) is 14.9. The summed E-state index contributed by atoms with van der Waals surface area (Å²) in [5, 5.41) is 0.428. The van der Waals surface area contributed by atoms with E-state index in [9.17, 15) is 4.39 Å². The van der Waals surface area contributed by atoms with Crippen molar-refractivity contribution in [1.29, 1.82) is 0 Å². The van der Waals surface area contributed by atoms with Gasteiger partial charge in [-0.15, -0.1) is 0 Å². The van der Waals surface area contributed by atoms with Crippen LogP contribution in [-0.2, 0) is 11.8 Å². The highest BCUT2D eigenvalue weighted by molar-refractivity contribution is 14.1. The summed E-state index contributed by atoms with van der Waals surface area (Å²) in [6.45, 7) is 6.21. The van der Waals surface area contributed by atoms with Crippen LogP contribution in [0.1, 0.15) is 37.9 Å². The average molecular weight is 405 g/mol. The van der Waals surface area contributed by atoms with E-state index in [1.54, 1.807) is 18.2 Å². The lowest BCUT2D eigenvalue weighted by atomic mass is 9.92. The van der Waals surface area contributed by atoms with Gasteiger partial charge in [0.25, 0.3) is 0 Å². The van der Waals surface area contributed by atoms with Crippen molar-refractivity contribution >= 4 is 34.2 Å². The Balaban J connectivity index is 2.44. The summed E-state index contributed by atoms with van der Waals surface area (Å²) >= 11 is 8.33. The summed E-state index contributed by atoms with van der Waals surface area (Å²) in [5.74, 6) is 0.300. The van der Waals surface area contributed by atoms with Crippen LogP contribution in [0, 0.1) is 9.39 Å². The highest BCUT2D eigenvalue weighted by atomic mass is 127. The van der Waals surface area contributed by atoms with Crippen molar-refractivity contribution in [3.63, 3.8) is 0 Å². The third kappa shape index (κ3) is 3.47. The molecule has 0 saturated carbocycles. The number of rotatable bonds is 2. The molecule has 5 heteroatoms. The van der Waals surface area contributed by atoms with Gasteiger partial charge in [-0.05, 0) is 34.2 Å². The second kappa shape index (κ2) is 5.93. The average Bonchev–Trinajstić information content (AvgIpc) is 2.35. The molecule has 0 saturated heterocycles. The van der Waals surface area contributed by atoms with Crippen molar-refractivity contribution in [2.75, 3.05) is 0 Å². The van der Waals surface area contributed by atoms with Crippen LogP contribution in [0.5, 0.6) is 0 Å². The van der Waals surface area contributed by atoms with Crippen LogP contribution < -0.4 is 0 Å². The van der Waals surface area contributed by atoms with Crippen LogP contribution in [0.25, 0.3) is 0 Å². The van der Waals surface area contributed by atoms with Crippen molar-refractivity contribution < 1.29 is 4.39 Å². The molecule has 1 heterocycles. The Morgan fingerprint density at radius 3 is 2.45 bits per heavy atom. The standard InChI is InChI=1S/C15H15ClFIN2/c1-15(2,3)13-12(18)14(16)20-11(19-13)8-9-6-4-5-7-10(9)17/h4-7H,8H2,1-3H3. The van der Waals surface area contributed by atoms with Gasteiger partial charge in [0.2, 0.25) is 0 Å². The first-order valence-corrected chi connectivity index (χ1v) is 7.70. The molecule has 0 radical (unpaired) electrons. The van der Waals surface area contributed by atoms with Crippen LogP contribution in [0.4, 0.5) is 4.39 Å². The first-order valence-electron chi connectivity index (χ1n) is 6.25. The molecular weight excluding hydrogens is 390 g/mol. The molecule has 106 valence electrons. The predicted octanol–water partition coefficient (Wildman–Crippen LogP) is 4.76. The molecule has 0 aliphatic heterocycles. The van der Waals surface area contributed by atoms with Crippen LogP contribution >= 0.6 is 34.2 Å². The number of benzene rings is 1. The van der Waals surface area contributed by atoms with E-state index in [0.717, 1.165) is 9.26 Å². The Hall–Kier alpha value is -0.750. The van der Waals surface area contributed by atoms with Crippen LogP contribution in [0.3, 0.4) is 0 Å². The van der Waals surface area contributed by atoms with Gasteiger partial charge in [-0.3, -0.25) is 0 Å². The van der Waals surface area contributed by atoms with Gasteiger partial charge in [-0.25, -0.2) is 14.4 Å². The van der Waals surface area contributed by atoms with Crippen molar-refractivity contribution in [3.05, 3.63) is 55.9 Å². The predicted molar refractivity (Wildman–Crippen MR) is 87.7 cm³/mol. The summed E-state index contributed by atoms with van der Waals surface area (Å²) in [6.07, 6.45) is 0.340. The Morgan fingerprint density at radius 1 is 1.20 bits per heavy atom. The minimum absolute atomic E-state index is 0.132. The van der Waals surface area contributed by atoms with Gasteiger partial charge in [0.1, 0.15) is 16.8 Å². The third-order valence-electron chi connectivity index (χ3n) is 2.87. The van der Waals surface area contributed by atoms with Gasteiger partial charge < -0.3 is 0 Å². The summed E-state index contributed by atoms with van der Waals surface area (Å²) in [4.78, 5) is 8.83. The molecule has 1 aromatic heterocycles. The maximum absolute atomic E-state index is 13.7. The minimum Gasteiger partial charge on any atom is -0.236 e. The number of hydrogen-bond donors (Lipinski definition) is 0. The van der Waals surface area contributed by atoms with Gasteiger partial charge in [-0.1, -0.05) is 50.6 Å².